The fraction of sp³-hybridized carbons (Fsp3) is 0.467. The number of benzene rings is 2. The second-order valence-corrected chi connectivity index (χ2v) is 10.6. The Labute approximate surface area is 219 Å². The topological polar surface area (TPSA) is 86.5 Å². The number of nitrogens with one attached hydrogen (secondary N) is 3. The molecule has 0 saturated carbocycles. The number of likely N-dealkylation sites (tertiary alicyclic amines) is 1. The number of hydrogen-bond acceptors (Lipinski definition) is 4. The van der Waals surface area contributed by atoms with Crippen molar-refractivity contribution in [1.29, 1.82) is 0 Å². The van der Waals surface area contributed by atoms with Crippen molar-refractivity contribution in [3.05, 3.63) is 65.9 Å². The summed E-state index contributed by atoms with van der Waals surface area (Å²) in [7, 11) is 0. The molecular weight excluding hydrogens is 464 g/mol. The van der Waals surface area contributed by atoms with Crippen molar-refractivity contribution < 1.29 is 14.3 Å². The second kappa shape index (κ2) is 11.4. The number of para-hydroxylation sites is 1. The molecule has 2 aliphatic heterocycles. The molecule has 3 aromatic rings. The molecular formula is C30H38N4O3. The minimum Gasteiger partial charge on any atom is -0.491 e. The highest BCUT2D eigenvalue weighted by molar-refractivity contribution is 5.90. The SMILES string of the molecule is C[C@@H]1NC(=O)C2(CCCCc3ccccc3OCCNC1=O)CCN(Cc1ccc3cc[nH]c3c1)CC2. The van der Waals surface area contributed by atoms with Gasteiger partial charge in [0.25, 0.3) is 0 Å². The van der Waals surface area contributed by atoms with E-state index in [1.54, 1.807) is 6.92 Å². The molecule has 0 radical (unpaired) electrons. The Morgan fingerprint density at radius 2 is 1.86 bits per heavy atom. The van der Waals surface area contributed by atoms with Gasteiger partial charge in [0.1, 0.15) is 18.4 Å². The van der Waals surface area contributed by atoms with Crippen molar-refractivity contribution in [2.75, 3.05) is 26.2 Å². The van der Waals surface area contributed by atoms with Gasteiger partial charge in [-0.15, -0.1) is 0 Å². The maximum absolute atomic E-state index is 13.6. The highest BCUT2D eigenvalue weighted by Crippen LogP contribution is 2.38. The summed E-state index contributed by atoms with van der Waals surface area (Å²) in [5.74, 6) is 0.732. The van der Waals surface area contributed by atoms with Crippen LogP contribution in [0.4, 0.5) is 0 Å². The summed E-state index contributed by atoms with van der Waals surface area (Å²) in [6.07, 6.45) is 7.30. The molecule has 196 valence electrons. The van der Waals surface area contributed by atoms with Crippen molar-refractivity contribution in [2.24, 2.45) is 5.41 Å². The molecule has 5 rings (SSSR count). The van der Waals surface area contributed by atoms with Crippen LogP contribution in [0.5, 0.6) is 5.75 Å². The lowest BCUT2D eigenvalue weighted by atomic mass is 9.73. The van der Waals surface area contributed by atoms with Crippen molar-refractivity contribution in [3.63, 3.8) is 0 Å². The Balaban J connectivity index is 1.27. The predicted octanol–water partition coefficient (Wildman–Crippen LogP) is 4.18. The number of ether oxygens (including phenoxy) is 1. The summed E-state index contributed by atoms with van der Waals surface area (Å²) in [6, 6.07) is 16.2. The van der Waals surface area contributed by atoms with E-state index in [9.17, 15) is 9.59 Å². The number of nitrogens with zero attached hydrogens (tertiary/aromatic N) is 1. The lowest BCUT2D eigenvalue weighted by Gasteiger charge is -2.41. The van der Waals surface area contributed by atoms with Gasteiger partial charge in [0.05, 0.1) is 12.0 Å². The zero-order chi connectivity index (χ0) is 25.7. The van der Waals surface area contributed by atoms with Gasteiger partial charge in [0.15, 0.2) is 0 Å². The van der Waals surface area contributed by atoms with Crippen LogP contribution in [0, 0.1) is 5.41 Å². The van der Waals surface area contributed by atoms with Crippen LogP contribution in [-0.2, 0) is 22.6 Å². The highest BCUT2D eigenvalue weighted by Gasteiger charge is 2.41. The van der Waals surface area contributed by atoms with E-state index in [0.29, 0.717) is 13.2 Å². The maximum atomic E-state index is 13.6. The Bertz CT molecular complexity index is 1230. The van der Waals surface area contributed by atoms with E-state index in [-0.39, 0.29) is 11.8 Å². The van der Waals surface area contributed by atoms with E-state index in [0.717, 1.165) is 69.4 Å². The third-order valence-electron chi connectivity index (χ3n) is 8.04. The van der Waals surface area contributed by atoms with Gasteiger partial charge in [-0.1, -0.05) is 36.8 Å². The van der Waals surface area contributed by atoms with Gasteiger partial charge in [-0.2, -0.15) is 0 Å². The molecule has 2 aromatic carbocycles. The van der Waals surface area contributed by atoms with E-state index in [1.807, 2.05) is 24.4 Å². The van der Waals surface area contributed by atoms with Crippen molar-refractivity contribution in [3.8, 4) is 5.75 Å². The van der Waals surface area contributed by atoms with Crippen molar-refractivity contribution >= 4 is 22.7 Å². The van der Waals surface area contributed by atoms with Gasteiger partial charge in [-0.25, -0.2) is 0 Å². The lowest BCUT2D eigenvalue weighted by molar-refractivity contribution is -0.138. The van der Waals surface area contributed by atoms with E-state index in [1.165, 1.54) is 16.5 Å². The number of carbonyl (C=O) groups is 2. The van der Waals surface area contributed by atoms with Crippen LogP contribution in [0.25, 0.3) is 10.9 Å². The summed E-state index contributed by atoms with van der Waals surface area (Å²) < 4.78 is 5.95. The van der Waals surface area contributed by atoms with E-state index in [4.69, 9.17) is 4.74 Å². The van der Waals surface area contributed by atoms with Gasteiger partial charge in [-0.05, 0) is 86.8 Å². The second-order valence-electron chi connectivity index (χ2n) is 10.6. The Morgan fingerprint density at radius 3 is 2.73 bits per heavy atom. The van der Waals surface area contributed by atoms with Gasteiger partial charge in [0.2, 0.25) is 11.8 Å². The van der Waals surface area contributed by atoms with Gasteiger partial charge >= 0.3 is 0 Å². The molecule has 37 heavy (non-hydrogen) atoms. The monoisotopic (exact) mass is 502 g/mol. The molecule has 0 aliphatic carbocycles. The van der Waals surface area contributed by atoms with E-state index >= 15 is 0 Å². The molecule has 1 saturated heterocycles. The van der Waals surface area contributed by atoms with Crippen LogP contribution in [0.3, 0.4) is 0 Å². The van der Waals surface area contributed by atoms with Crippen LogP contribution in [0.2, 0.25) is 0 Å². The fourth-order valence-corrected chi connectivity index (χ4v) is 5.71. The number of fused-ring (bicyclic) bond motifs is 2. The first-order valence-electron chi connectivity index (χ1n) is 13.6. The summed E-state index contributed by atoms with van der Waals surface area (Å²) in [4.78, 5) is 32.0. The quantitative estimate of drug-likeness (QED) is 0.491. The molecule has 2 aliphatic rings. The molecule has 1 spiro atoms. The minimum absolute atomic E-state index is 0.0223. The molecule has 7 nitrogen and oxygen atoms in total. The first-order chi connectivity index (χ1) is 18.0. The van der Waals surface area contributed by atoms with E-state index < -0.39 is 11.5 Å². The Hall–Kier alpha value is -3.32. The molecule has 0 unspecified atom stereocenters. The smallest absolute Gasteiger partial charge is 0.242 e. The number of carbonyl (C=O) groups excluding carboxylic acids is 2. The maximum Gasteiger partial charge on any atom is 0.242 e. The average molecular weight is 503 g/mol. The summed E-state index contributed by atoms with van der Waals surface area (Å²) >= 11 is 0. The number of aryl methyl sites for hydroxylation is 1. The predicted molar refractivity (Wildman–Crippen MR) is 145 cm³/mol. The summed E-state index contributed by atoms with van der Waals surface area (Å²) in [5.41, 5.74) is 3.18. The third kappa shape index (κ3) is 5.99. The highest BCUT2D eigenvalue weighted by atomic mass is 16.5. The molecule has 1 fully saturated rings. The first kappa shape index (κ1) is 25.3. The standard InChI is InChI=1S/C30H38N4O3/c1-22-28(35)32-16-19-37-27-8-3-2-6-25(27)7-4-5-12-30(29(36)33-22)13-17-34(18-14-30)21-23-9-10-24-11-15-31-26(24)20-23/h2-3,6,8-11,15,20,22,31H,4-5,7,12-14,16-19,21H2,1H3,(H,32,35)(H,33,36)/t22-/m0/s1. The van der Waals surface area contributed by atoms with Crippen LogP contribution >= 0.6 is 0 Å². The number of amides is 2. The van der Waals surface area contributed by atoms with Crippen molar-refractivity contribution in [2.45, 2.75) is 58.0 Å². The Morgan fingerprint density at radius 1 is 1.03 bits per heavy atom. The van der Waals surface area contributed by atoms with Crippen LogP contribution < -0.4 is 15.4 Å². The summed E-state index contributed by atoms with van der Waals surface area (Å²) in [5, 5.41) is 7.17. The molecule has 1 aromatic heterocycles. The zero-order valence-electron chi connectivity index (χ0n) is 21.7. The molecule has 0 bridgehead atoms. The molecule has 2 amide bonds. The van der Waals surface area contributed by atoms with Gasteiger partial charge < -0.3 is 20.4 Å². The number of H-pyrrole nitrogens is 1. The number of hydrogen-bond donors (Lipinski definition) is 3. The zero-order valence-corrected chi connectivity index (χ0v) is 21.7. The fourth-order valence-electron chi connectivity index (χ4n) is 5.71. The minimum atomic E-state index is -0.577. The third-order valence-corrected chi connectivity index (χ3v) is 8.04. The molecule has 3 N–H and O–H groups in total. The van der Waals surface area contributed by atoms with Crippen LogP contribution in [-0.4, -0.2) is 54.0 Å². The molecule has 3 heterocycles. The number of piperidine rings is 1. The van der Waals surface area contributed by atoms with Crippen molar-refractivity contribution in [1.82, 2.24) is 20.5 Å². The summed E-state index contributed by atoms with van der Waals surface area (Å²) in [6.45, 7) is 5.19. The molecule has 1 atom stereocenters. The normalized spacial score (nSPS) is 21.8. The Kier molecular flexibility index (Phi) is 7.79. The van der Waals surface area contributed by atoms with Gasteiger partial charge in [-0.3, -0.25) is 14.5 Å². The number of aromatic nitrogens is 1. The molecule has 7 heteroatoms. The largest absolute Gasteiger partial charge is 0.491 e. The van der Waals surface area contributed by atoms with Crippen LogP contribution in [0.1, 0.15) is 50.2 Å². The number of rotatable bonds is 2. The number of aromatic amines is 1. The van der Waals surface area contributed by atoms with Crippen LogP contribution in [0.15, 0.2) is 54.7 Å². The van der Waals surface area contributed by atoms with Gasteiger partial charge in [0, 0.05) is 18.3 Å². The van der Waals surface area contributed by atoms with E-state index in [2.05, 4.69) is 50.8 Å². The lowest BCUT2D eigenvalue weighted by Crippen LogP contribution is -2.53. The average Bonchev–Trinajstić information content (AvgIpc) is 3.38. The first-order valence-corrected chi connectivity index (χ1v) is 13.6.